The molecule has 1 aromatic heterocycles. The maximum absolute atomic E-state index is 12.0. The van der Waals surface area contributed by atoms with Gasteiger partial charge in [-0.15, -0.1) is 0 Å². The molecule has 0 spiro atoms. The Hall–Kier alpha value is -3.64. The van der Waals surface area contributed by atoms with Crippen LogP contribution in [0.5, 0.6) is 11.6 Å². The van der Waals surface area contributed by atoms with Gasteiger partial charge in [0, 0.05) is 12.1 Å². The van der Waals surface area contributed by atoms with Crippen LogP contribution in [-0.2, 0) is 16.0 Å². The number of carbonyl (C=O) groups is 2. The molecule has 0 saturated heterocycles. The van der Waals surface area contributed by atoms with Crippen molar-refractivity contribution in [2.75, 3.05) is 5.32 Å². The first kappa shape index (κ1) is 20.1. The molecule has 0 unspecified atom stereocenters. The van der Waals surface area contributed by atoms with Crippen molar-refractivity contribution in [3.63, 3.8) is 0 Å². The van der Waals surface area contributed by atoms with Crippen molar-refractivity contribution in [2.24, 2.45) is 0 Å². The highest BCUT2D eigenvalue weighted by Gasteiger charge is 2.08. The van der Waals surface area contributed by atoms with Gasteiger partial charge in [-0.3, -0.25) is 9.59 Å². The van der Waals surface area contributed by atoms with Crippen LogP contribution in [0.1, 0.15) is 11.1 Å². The number of aromatic nitrogens is 1. The minimum absolute atomic E-state index is 0.120. The van der Waals surface area contributed by atoms with Gasteiger partial charge in [0.15, 0.2) is 0 Å². The van der Waals surface area contributed by atoms with Gasteiger partial charge in [-0.05, 0) is 35.4 Å². The van der Waals surface area contributed by atoms with Crippen LogP contribution >= 0.6 is 11.6 Å². The molecule has 2 N–H and O–H groups in total. The van der Waals surface area contributed by atoms with Crippen LogP contribution < -0.4 is 10.1 Å². The highest BCUT2D eigenvalue weighted by Crippen LogP contribution is 2.29. The van der Waals surface area contributed by atoms with Gasteiger partial charge in [0.05, 0.1) is 23.3 Å². The second-order valence-corrected chi connectivity index (χ2v) is 6.46. The highest BCUT2D eigenvalue weighted by molar-refractivity contribution is 6.32. The van der Waals surface area contributed by atoms with Crippen molar-refractivity contribution in [3.8, 4) is 11.6 Å². The molecule has 7 heteroatoms. The highest BCUT2D eigenvalue weighted by atomic mass is 35.5. The molecule has 3 aromatic rings. The quantitative estimate of drug-likeness (QED) is 0.548. The number of pyridine rings is 1. The molecule has 0 radical (unpaired) electrons. The second-order valence-electron chi connectivity index (χ2n) is 6.06. The molecule has 0 saturated carbocycles. The zero-order chi connectivity index (χ0) is 20.6. The molecule has 2 aromatic carbocycles. The van der Waals surface area contributed by atoms with Gasteiger partial charge >= 0.3 is 5.97 Å². The largest absolute Gasteiger partial charge is 0.481 e. The molecule has 146 valence electrons. The third-order valence-corrected chi connectivity index (χ3v) is 4.09. The molecule has 3 rings (SSSR count). The van der Waals surface area contributed by atoms with Gasteiger partial charge in [0.1, 0.15) is 5.75 Å². The minimum Gasteiger partial charge on any atom is -0.481 e. The topological polar surface area (TPSA) is 88.5 Å². The lowest BCUT2D eigenvalue weighted by atomic mass is 10.1. The number of carbonyl (C=O) groups excluding carboxylic acids is 1. The number of hydrogen-bond donors (Lipinski definition) is 2. The fourth-order valence-corrected chi connectivity index (χ4v) is 2.70. The number of halogens is 1. The lowest BCUT2D eigenvalue weighted by molar-refractivity contribution is -0.136. The van der Waals surface area contributed by atoms with Crippen LogP contribution in [0.25, 0.3) is 6.08 Å². The van der Waals surface area contributed by atoms with E-state index in [2.05, 4.69) is 10.3 Å². The Morgan fingerprint density at radius 2 is 1.90 bits per heavy atom. The molecule has 1 amide bonds. The Bertz CT molecular complexity index is 1030. The van der Waals surface area contributed by atoms with Gasteiger partial charge < -0.3 is 15.2 Å². The number of rotatable bonds is 7. The summed E-state index contributed by atoms with van der Waals surface area (Å²) in [4.78, 5) is 26.9. The Balaban J connectivity index is 1.59. The third-order valence-electron chi connectivity index (χ3n) is 3.80. The normalized spacial score (nSPS) is 10.7. The van der Waals surface area contributed by atoms with Crippen molar-refractivity contribution >= 4 is 35.2 Å². The first-order valence-electron chi connectivity index (χ1n) is 8.68. The van der Waals surface area contributed by atoms with Crippen LogP contribution in [0, 0.1) is 0 Å². The van der Waals surface area contributed by atoms with E-state index in [9.17, 15) is 9.59 Å². The van der Waals surface area contributed by atoms with Crippen LogP contribution in [0.4, 0.5) is 5.69 Å². The molecular formula is C22H17ClN2O4. The summed E-state index contributed by atoms with van der Waals surface area (Å²) in [5, 5.41) is 11.8. The summed E-state index contributed by atoms with van der Waals surface area (Å²) in [6.07, 6.45) is 4.51. The minimum atomic E-state index is -0.937. The molecule has 0 aliphatic heterocycles. The van der Waals surface area contributed by atoms with Crippen molar-refractivity contribution in [2.45, 2.75) is 6.42 Å². The second kappa shape index (κ2) is 9.52. The zero-order valence-corrected chi connectivity index (χ0v) is 16.0. The monoisotopic (exact) mass is 408 g/mol. The number of ether oxygens (including phenoxy) is 1. The van der Waals surface area contributed by atoms with Crippen molar-refractivity contribution in [1.82, 2.24) is 4.98 Å². The van der Waals surface area contributed by atoms with Crippen LogP contribution in [-0.4, -0.2) is 22.0 Å². The summed E-state index contributed by atoms with van der Waals surface area (Å²) in [6.45, 7) is 0. The number of benzene rings is 2. The number of carboxylic acid groups (broad SMARTS) is 1. The van der Waals surface area contributed by atoms with Gasteiger partial charge in [-0.25, -0.2) is 4.98 Å². The third kappa shape index (κ3) is 6.19. The van der Waals surface area contributed by atoms with Crippen LogP contribution in [0.2, 0.25) is 5.02 Å². The number of hydrogen-bond acceptors (Lipinski definition) is 4. The number of aliphatic carboxylic acids is 1. The summed E-state index contributed by atoms with van der Waals surface area (Å²) in [6, 6.07) is 17.5. The molecule has 0 aliphatic rings. The number of amides is 1. The Kier molecular flexibility index (Phi) is 6.60. The Labute approximate surface area is 172 Å². The van der Waals surface area contributed by atoms with Crippen LogP contribution in [0.3, 0.4) is 0 Å². The van der Waals surface area contributed by atoms with Gasteiger partial charge in [-0.2, -0.15) is 0 Å². The van der Waals surface area contributed by atoms with Gasteiger partial charge in [0.25, 0.3) is 0 Å². The summed E-state index contributed by atoms with van der Waals surface area (Å²) in [5.74, 6) is -0.569. The number of anilines is 1. The van der Waals surface area contributed by atoms with E-state index in [1.807, 2.05) is 30.3 Å². The van der Waals surface area contributed by atoms with E-state index in [1.54, 1.807) is 36.4 Å². The average Bonchev–Trinajstić information content (AvgIpc) is 2.70. The smallest absolute Gasteiger partial charge is 0.307 e. The van der Waals surface area contributed by atoms with E-state index >= 15 is 0 Å². The molecular weight excluding hydrogens is 392 g/mol. The predicted molar refractivity (Wildman–Crippen MR) is 111 cm³/mol. The summed E-state index contributed by atoms with van der Waals surface area (Å²) >= 11 is 6.14. The maximum atomic E-state index is 12.0. The first-order chi connectivity index (χ1) is 14.0. The van der Waals surface area contributed by atoms with E-state index in [0.29, 0.717) is 17.0 Å². The molecule has 29 heavy (non-hydrogen) atoms. The van der Waals surface area contributed by atoms with Gasteiger partial charge in [-0.1, -0.05) is 48.0 Å². The molecule has 0 fully saturated rings. The SMILES string of the molecule is O=C(O)Cc1ccc(Oc2ccc(NC(=O)/C=C/c3ccccc3)cn2)c(Cl)c1. The van der Waals surface area contributed by atoms with Crippen molar-refractivity contribution in [1.29, 1.82) is 0 Å². The zero-order valence-electron chi connectivity index (χ0n) is 15.2. The standard InChI is InChI=1S/C22H17ClN2O4/c23-18-12-16(13-22(27)28)6-9-19(18)29-21-11-8-17(14-24-21)25-20(26)10-7-15-4-2-1-3-5-15/h1-12,14H,13H2,(H,25,26)(H,27,28)/b10-7+. The summed E-state index contributed by atoms with van der Waals surface area (Å²) in [7, 11) is 0. The first-order valence-corrected chi connectivity index (χ1v) is 9.05. The average molecular weight is 409 g/mol. The number of nitrogens with zero attached hydrogens (tertiary/aromatic N) is 1. The van der Waals surface area contributed by atoms with Crippen molar-refractivity contribution < 1.29 is 19.4 Å². The van der Waals surface area contributed by atoms with Crippen molar-refractivity contribution in [3.05, 3.63) is 89.1 Å². The van der Waals surface area contributed by atoms with E-state index < -0.39 is 5.97 Å². The number of nitrogens with one attached hydrogen (secondary N) is 1. The summed E-state index contributed by atoms with van der Waals surface area (Å²) < 4.78 is 5.62. The van der Waals surface area contributed by atoms with E-state index in [1.165, 1.54) is 12.3 Å². The molecule has 0 atom stereocenters. The predicted octanol–water partition coefficient (Wildman–Crippen LogP) is 4.81. The molecule has 0 bridgehead atoms. The fraction of sp³-hybridized carbons (Fsp3) is 0.0455. The molecule has 1 heterocycles. The number of carboxylic acids is 1. The Morgan fingerprint density at radius 3 is 2.55 bits per heavy atom. The van der Waals surface area contributed by atoms with E-state index in [0.717, 1.165) is 5.56 Å². The fourth-order valence-electron chi connectivity index (χ4n) is 2.46. The van der Waals surface area contributed by atoms with E-state index in [-0.39, 0.29) is 23.2 Å². The molecule has 0 aliphatic carbocycles. The summed E-state index contributed by atoms with van der Waals surface area (Å²) in [5.41, 5.74) is 2.02. The van der Waals surface area contributed by atoms with E-state index in [4.69, 9.17) is 21.4 Å². The maximum Gasteiger partial charge on any atom is 0.307 e. The van der Waals surface area contributed by atoms with Crippen LogP contribution in [0.15, 0.2) is 72.9 Å². The molecule has 6 nitrogen and oxygen atoms in total. The van der Waals surface area contributed by atoms with Gasteiger partial charge in [0.2, 0.25) is 11.8 Å². The lowest BCUT2D eigenvalue weighted by Gasteiger charge is -2.09. The Morgan fingerprint density at radius 1 is 1.10 bits per heavy atom. The lowest BCUT2D eigenvalue weighted by Crippen LogP contribution is -2.07.